The van der Waals surface area contributed by atoms with E-state index in [4.69, 9.17) is 9.47 Å². The third-order valence-corrected chi connectivity index (χ3v) is 4.43. The van der Waals surface area contributed by atoms with Crippen molar-refractivity contribution in [1.82, 2.24) is 0 Å². The van der Waals surface area contributed by atoms with Gasteiger partial charge in [0.15, 0.2) is 0 Å². The van der Waals surface area contributed by atoms with Gasteiger partial charge in [0.1, 0.15) is 5.75 Å². The lowest BCUT2D eigenvalue weighted by Gasteiger charge is -2.11. The Morgan fingerprint density at radius 3 is 2.38 bits per heavy atom. The highest BCUT2D eigenvalue weighted by Gasteiger charge is 2.12. The van der Waals surface area contributed by atoms with Crippen LogP contribution in [-0.4, -0.2) is 37.1 Å². The second-order valence-corrected chi connectivity index (χ2v) is 6.51. The van der Waals surface area contributed by atoms with Gasteiger partial charge in [-0.2, -0.15) is 0 Å². The van der Waals surface area contributed by atoms with Crippen LogP contribution in [0.1, 0.15) is 6.92 Å². The summed E-state index contributed by atoms with van der Waals surface area (Å²) in [6, 6.07) is 3.51. The van der Waals surface area contributed by atoms with E-state index in [0.29, 0.717) is 27.0 Å². The van der Waals surface area contributed by atoms with Gasteiger partial charge in [-0.1, -0.05) is 0 Å². The molecule has 5 nitrogen and oxygen atoms in total. The van der Waals surface area contributed by atoms with Crippen LogP contribution in [0.2, 0.25) is 0 Å². The van der Waals surface area contributed by atoms with Crippen molar-refractivity contribution in [1.29, 1.82) is 0 Å². The minimum absolute atomic E-state index is 0.159. The zero-order chi connectivity index (χ0) is 15.8. The second kappa shape index (κ2) is 9.32. The zero-order valence-electron chi connectivity index (χ0n) is 11.6. The fourth-order valence-electron chi connectivity index (χ4n) is 1.39. The summed E-state index contributed by atoms with van der Waals surface area (Å²) in [4.78, 5) is 23.0. The molecule has 8 heteroatoms. The molecule has 0 aromatic heterocycles. The molecule has 0 aliphatic carbocycles. The standard InChI is InChI=1S/C13H15Br2NO4S/c1-3-20-12(18)7-21-6-11(17)16-13-9(14)4-8(19-2)5-10(13)15/h4-5H,3,6-7H2,1-2H3,(H,16,17). The topological polar surface area (TPSA) is 64.6 Å². The third kappa shape index (κ3) is 6.27. The number of nitrogens with one attached hydrogen (secondary N) is 1. The Kier molecular flexibility index (Phi) is 8.13. The largest absolute Gasteiger partial charge is 0.497 e. The highest BCUT2D eigenvalue weighted by atomic mass is 79.9. The second-order valence-electron chi connectivity index (χ2n) is 3.81. The number of carbonyl (C=O) groups excluding carboxylic acids is 2. The average Bonchev–Trinajstić information content (AvgIpc) is 2.42. The van der Waals surface area contributed by atoms with Crippen LogP contribution in [0.3, 0.4) is 0 Å². The predicted octanol–water partition coefficient (Wildman–Crippen LogP) is 3.46. The number of ether oxygens (including phenoxy) is 2. The number of halogens is 2. The molecular formula is C13H15Br2NO4S. The normalized spacial score (nSPS) is 10.1. The van der Waals surface area contributed by atoms with Crippen LogP contribution in [0.5, 0.6) is 5.75 Å². The van der Waals surface area contributed by atoms with Gasteiger partial charge >= 0.3 is 5.97 Å². The molecule has 0 atom stereocenters. The molecule has 0 radical (unpaired) electrons. The van der Waals surface area contributed by atoms with E-state index >= 15 is 0 Å². The smallest absolute Gasteiger partial charge is 0.315 e. The number of esters is 1. The molecule has 0 aliphatic heterocycles. The first kappa shape index (κ1) is 18.3. The maximum absolute atomic E-state index is 11.9. The van der Waals surface area contributed by atoms with Crippen molar-refractivity contribution in [2.45, 2.75) is 6.92 Å². The lowest BCUT2D eigenvalue weighted by atomic mass is 10.3. The van der Waals surface area contributed by atoms with Crippen molar-refractivity contribution in [2.75, 3.05) is 30.5 Å². The molecule has 1 amide bonds. The van der Waals surface area contributed by atoms with Crippen molar-refractivity contribution in [3.8, 4) is 5.75 Å². The Bertz CT molecular complexity index is 502. The van der Waals surface area contributed by atoms with E-state index in [0.717, 1.165) is 0 Å². The summed E-state index contributed by atoms with van der Waals surface area (Å²) < 4.78 is 11.3. The molecule has 1 aromatic rings. The number of hydrogen-bond acceptors (Lipinski definition) is 5. The van der Waals surface area contributed by atoms with E-state index in [1.165, 1.54) is 11.8 Å². The molecule has 0 fully saturated rings. The van der Waals surface area contributed by atoms with Crippen molar-refractivity contribution in [3.05, 3.63) is 21.1 Å². The fraction of sp³-hybridized carbons (Fsp3) is 0.385. The first-order valence-corrected chi connectivity index (χ1v) is 8.78. The van der Waals surface area contributed by atoms with E-state index in [2.05, 4.69) is 37.2 Å². The van der Waals surface area contributed by atoms with E-state index in [1.54, 1.807) is 26.2 Å². The summed E-state index contributed by atoms with van der Waals surface area (Å²) >= 11 is 7.95. The van der Waals surface area contributed by atoms with Gasteiger partial charge < -0.3 is 14.8 Å². The number of rotatable bonds is 7. The number of carbonyl (C=O) groups is 2. The van der Waals surface area contributed by atoms with Gasteiger partial charge in [-0.25, -0.2) is 0 Å². The Morgan fingerprint density at radius 2 is 1.86 bits per heavy atom. The lowest BCUT2D eigenvalue weighted by Crippen LogP contribution is -2.17. The molecular weight excluding hydrogens is 426 g/mol. The fourth-order valence-corrected chi connectivity index (χ4v) is 3.34. The summed E-state index contributed by atoms with van der Waals surface area (Å²) in [7, 11) is 1.57. The van der Waals surface area contributed by atoms with E-state index in [-0.39, 0.29) is 23.4 Å². The Balaban J connectivity index is 2.53. The summed E-state index contributed by atoms with van der Waals surface area (Å²) in [6.07, 6.45) is 0. The van der Waals surface area contributed by atoms with Crippen molar-refractivity contribution in [2.24, 2.45) is 0 Å². The highest BCUT2D eigenvalue weighted by Crippen LogP contribution is 2.35. The molecule has 0 spiro atoms. The molecule has 1 aromatic carbocycles. The number of benzene rings is 1. The van der Waals surface area contributed by atoms with Crippen LogP contribution in [0.4, 0.5) is 5.69 Å². The molecule has 0 saturated carbocycles. The number of amides is 1. The van der Waals surface area contributed by atoms with E-state index < -0.39 is 0 Å². The van der Waals surface area contributed by atoms with Gasteiger partial charge in [0.2, 0.25) is 5.91 Å². The summed E-state index contributed by atoms with van der Waals surface area (Å²) in [5, 5.41) is 2.77. The van der Waals surface area contributed by atoms with Gasteiger partial charge in [-0.3, -0.25) is 9.59 Å². The average molecular weight is 441 g/mol. The summed E-state index contributed by atoms with van der Waals surface area (Å²) in [5.74, 6) is 0.483. The Hall–Kier alpha value is -0.730. The van der Waals surface area contributed by atoms with Gasteiger partial charge in [-0.15, -0.1) is 11.8 Å². The number of thioether (sulfide) groups is 1. The monoisotopic (exact) mass is 439 g/mol. The highest BCUT2D eigenvalue weighted by molar-refractivity contribution is 9.11. The maximum atomic E-state index is 11.9. The zero-order valence-corrected chi connectivity index (χ0v) is 15.6. The first-order chi connectivity index (χ1) is 9.97. The van der Waals surface area contributed by atoms with E-state index in [9.17, 15) is 9.59 Å². The SMILES string of the molecule is CCOC(=O)CSCC(=O)Nc1c(Br)cc(OC)cc1Br. The van der Waals surface area contributed by atoms with Crippen molar-refractivity contribution < 1.29 is 19.1 Å². The third-order valence-electron chi connectivity index (χ3n) is 2.27. The minimum atomic E-state index is -0.317. The molecule has 116 valence electrons. The molecule has 21 heavy (non-hydrogen) atoms. The molecule has 1 rings (SSSR count). The minimum Gasteiger partial charge on any atom is -0.497 e. The van der Waals surface area contributed by atoms with Gasteiger partial charge in [0.25, 0.3) is 0 Å². The van der Waals surface area contributed by atoms with E-state index in [1.807, 2.05) is 0 Å². The maximum Gasteiger partial charge on any atom is 0.315 e. The molecule has 0 aliphatic rings. The summed E-state index contributed by atoms with van der Waals surface area (Å²) in [6.45, 7) is 2.09. The lowest BCUT2D eigenvalue weighted by molar-refractivity contribution is -0.139. The van der Waals surface area contributed by atoms with Crippen LogP contribution in [0, 0.1) is 0 Å². The van der Waals surface area contributed by atoms with Crippen molar-refractivity contribution >= 4 is 61.2 Å². The Morgan fingerprint density at radius 1 is 1.24 bits per heavy atom. The van der Waals surface area contributed by atoms with Crippen LogP contribution in [0.15, 0.2) is 21.1 Å². The van der Waals surface area contributed by atoms with Gasteiger partial charge in [0.05, 0.1) is 30.9 Å². The van der Waals surface area contributed by atoms with Crippen LogP contribution < -0.4 is 10.1 Å². The first-order valence-electron chi connectivity index (χ1n) is 6.04. The van der Waals surface area contributed by atoms with Crippen molar-refractivity contribution in [3.63, 3.8) is 0 Å². The molecule has 0 heterocycles. The van der Waals surface area contributed by atoms with Gasteiger partial charge in [-0.05, 0) is 50.9 Å². The molecule has 1 N–H and O–H groups in total. The van der Waals surface area contributed by atoms with Crippen LogP contribution >= 0.6 is 43.6 Å². The quantitative estimate of drug-likeness (QED) is 0.657. The Labute approximate surface area is 144 Å². The molecule has 0 unspecified atom stereocenters. The predicted molar refractivity (Wildman–Crippen MR) is 91.0 cm³/mol. The number of anilines is 1. The molecule has 0 saturated heterocycles. The number of methoxy groups -OCH3 is 1. The van der Waals surface area contributed by atoms with Crippen LogP contribution in [0.25, 0.3) is 0 Å². The van der Waals surface area contributed by atoms with Crippen LogP contribution in [-0.2, 0) is 14.3 Å². The summed E-state index contributed by atoms with van der Waals surface area (Å²) in [5.41, 5.74) is 0.623. The van der Waals surface area contributed by atoms with Gasteiger partial charge in [0, 0.05) is 8.95 Å². The molecule has 0 bridgehead atoms. The number of hydrogen-bond donors (Lipinski definition) is 1.